The first-order valence-corrected chi connectivity index (χ1v) is 6.87. The molecule has 3 nitrogen and oxygen atoms in total. The van der Waals surface area contributed by atoms with Crippen molar-refractivity contribution < 1.29 is 13.2 Å². The molecule has 0 bridgehead atoms. The van der Waals surface area contributed by atoms with Crippen LogP contribution < -0.4 is 5.73 Å². The zero-order valence-corrected chi connectivity index (χ0v) is 12.1. The molecule has 0 aliphatic heterocycles. The van der Waals surface area contributed by atoms with Crippen molar-refractivity contribution in [1.82, 2.24) is 9.78 Å². The molecule has 21 heavy (non-hydrogen) atoms. The van der Waals surface area contributed by atoms with Crippen molar-refractivity contribution in [3.63, 3.8) is 0 Å². The number of rotatable bonds is 4. The first-order valence-electron chi connectivity index (χ1n) is 6.49. The molecule has 0 amide bonds. The van der Waals surface area contributed by atoms with Crippen molar-refractivity contribution in [2.24, 2.45) is 5.73 Å². The van der Waals surface area contributed by atoms with Crippen molar-refractivity contribution in [2.45, 2.75) is 32.0 Å². The molecule has 0 aliphatic rings. The zero-order chi connectivity index (χ0) is 15.6. The van der Waals surface area contributed by atoms with E-state index in [9.17, 15) is 13.2 Å². The fourth-order valence-corrected chi connectivity index (χ4v) is 2.23. The molecule has 0 fully saturated rings. The Morgan fingerprint density at radius 3 is 2.62 bits per heavy atom. The summed E-state index contributed by atoms with van der Waals surface area (Å²) in [5.74, 6) is 0. The van der Waals surface area contributed by atoms with Gasteiger partial charge in [0.05, 0.1) is 5.69 Å². The summed E-state index contributed by atoms with van der Waals surface area (Å²) in [4.78, 5) is 0. The first-order chi connectivity index (χ1) is 9.82. The normalized spacial score (nSPS) is 13.4. The van der Waals surface area contributed by atoms with Crippen molar-refractivity contribution >= 4 is 11.6 Å². The fourth-order valence-electron chi connectivity index (χ4n) is 1.98. The van der Waals surface area contributed by atoms with Crippen LogP contribution in [0.25, 0.3) is 5.69 Å². The predicted octanol–water partition coefficient (Wildman–Crippen LogP) is 3.82. The van der Waals surface area contributed by atoms with Crippen molar-refractivity contribution in [2.75, 3.05) is 0 Å². The molecule has 2 N–H and O–H groups in total. The predicted molar refractivity (Wildman–Crippen MR) is 75.5 cm³/mol. The molecule has 1 heterocycles. The Morgan fingerprint density at radius 2 is 2.05 bits per heavy atom. The van der Waals surface area contributed by atoms with Gasteiger partial charge >= 0.3 is 6.18 Å². The van der Waals surface area contributed by atoms with Crippen molar-refractivity contribution in [1.29, 1.82) is 0 Å². The minimum Gasteiger partial charge on any atom is -0.327 e. The highest BCUT2D eigenvalue weighted by molar-refractivity contribution is 6.31. The Bertz CT molecular complexity index is 622. The van der Waals surface area contributed by atoms with Crippen LogP contribution in [0.3, 0.4) is 0 Å². The second-order valence-electron chi connectivity index (χ2n) is 4.75. The third kappa shape index (κ3) is 3.57. The summed E-state index contributed by atoms with van der Waals surface area (Å²) < 4.78 is 39.1. The maximum Gasteiger partial charge on any atom is 0.435 e. The van der Waals surface area contributed by atoms with Gasteiger partial charge in [-0.1, -0.05) is 24.6 Å². The van der Waals surface area contributed by atoms with E-state index >= 15 is 0 Å². The van der Waals surface area contributed by atoms with Gasteiger partial charge in [-0.05, 0) is 36.6 Å². The Morgan fingerprint density at radius 1 is 1.33 bits per heavy atom. The molecule has 0 spiro atoms. The van der Waals surface area contributed by atoms with Crippen LogP contribution in [0.2, 0.25) is 5.02 Å². The summed E-state index contributed by atoms with van der Waals surface area (Å²) in [7, 11) is 0. The highest BCUT2D eigenvalue weighted by Crippen LogP contribution is 2.29. The number of aromatic nitrogens is 2. The van der Waals surface area contributed by atoms with Crippen molar-refractivity contribution in [3.05, 3.63) is 46.7 Å². The van der Waals surface area contributed by atoms with Crippen LogP contribution in [-0.4, -0.2) is 15.8 Å². The van der Waals surface area contributed by atoms with Gasteiger partial charge in [0.1, 0.15) is 0 Å². The first kappa shape index (κ1) is 15.9. The van der Waals surface area contributed by atoms with Crippen LogP contribution in [-0.2, 0) is 12.6 Å². The summed E-state index contributed by atoms with van der Waals surface area (Å²) in [6.07, 6.45) is -1.97. The summed E-state index contributed by atoms with van der Waals surface area (Å²) >= 11 is 6.16. The Labute approximate surface area is 125 Å². The van der Waals surface area contributed by atoms with E-state index in [1.165, 1.54) is 10.9 Å². The Kier molecular flexibility index (Phi) is 4.58. The third-order valence-electron chi connectivity index (χ3n) is 3.21. The number of nitrogens with two attached hydrogens (primary N) is 1. The van der Waals surface area contributed by atoms with Gasteiger partial charge in [-0.15, -0.1) is 0 Å². The zero-order valence-electron chi connectivity index (χ0n) is 11.4. The number of nitrogens with zero attached hydrogens (tertiary/aromatic N) is 2. The maximum absolute atomic E-state index is 12.6. The molecule has 0 saturated heterocycles. The Hall–Kier alpha value is -1.53. The third-order valence-corrected chi connectivity index (χ3v) is 3.57. The molecule has 2 rings (SSSR count). The average molecular weight is 318 g/mol. The average Bonchev–Trinajstić information content (AvgIpc) is 2.90. The van der Waals surface area contributed by atoms with Gasteiger partial charge in [-0.2, -0.15) is 18.3 Å². The lowest BCUT2D eigenvalue weighted by atomic mass is 10.0. The topological polar surface area (TPSA) is 43.8 Å². The smallest absolute Gasteiger partial charge is 0.327 e. The highest BCUT2D eigenvalue weighted by Gasteiger charge is 2.33. The van der Waals surface area contributed by atoms with Crippen molar-refractivity contribution in [3.8, 4) is 5.69 Å². The van der Waals surface area contributed by atoms with Gasteiger partial charge in [0.15, 0.2) is 5.69 Å². The van der Waals surface area contributed by atoms with Crippen LogP contribution in [0.15, 0.2) is 30.5 Å². The van der Waals surface area contributed by atoms with Crippen LogP contribution in [0, 0.1) is 0 Å². The number of hydrogen-bond acceptors (Lipinski definition) is 2. The van der Waals surface area contributed by atoms with E-state index in [4.69, 9.17) is 17.3 Å². The quantitative estimate of drug-likeness (QED) is 0.931. The SMILES string of the molecule is CCC(N)Cc1c(Cl)cccc1-n1ccc(C(F)(F)F)n1. The summed E-state index contributed by atoms with van der Waals surface area (Å²) in [5.41, 5.74) is 6.21. The number of hydrogen-bond donors (Lipinski definition) is 1. The van der Waals surface area contributed by atoms with E-state index in [1.54, 1.807) is 18.2 Å². The molecule has 1 aromatic heterocycles. The summed E-state index contributed by atoms with van der Waals surface area (Å²) in [5, 5.41) is 4.05. The lowest BCUT2D eigenvalue weighted by Crippen LogP contribution is -2.22. The molecular formula is C14H15ClF3N3. The highest BCUT2D eigenvalue weighted by atomic mass is 35.5. The van der Waals surface area contributed by atoms with Gasteiger partial charge in [0.2, 0.25) is 0 Å². The molecule has 1 aromatic carbocycles. The summed E-state index contributed by atoms with van der Waals surface area (Å²) in [6.45, 7) is 1.94. The van der Waals surface area contributed by atoms with Crippen LogP contribution >= 0.6 is 11.6 Å². The molecule has 7 heteroatoms. The molecule has 1 atom stereocenters. The second kappa shape index (κ2) is 6.07. The molecule has 1 unspecified atom stereocenters. The molecule has 114 valence electrons. The van der Waals surface area contributed by atoms with Crippen LogP contribution in [0.5, 0.6) is 0 Å². The lowest BCUT2D eigenvalue weighted by molar-refractivity contribution is -0.141. The molecule has 2 aromatic rings. The van der Waals surface area contributed by atoms with Crippen LogP contribution in [0.4, 0.5) is 13.2 Å². The standard InChI is InChI=1S/C14H15ClF3N3/c1-2-9(19)8-10-11(15)4-3-5-12(10)21-7-6-13(20-21)14(16,17)18/h3-7,9H,2,8,19H2,1H3. The van der Waals surface area contributed by atoms with E-state index in [0.717, 1.165) is 12.5 Å². The van der Waals surface area contributed by atoms with Gasteiger partial charge in [0.25, 0.3) is 0 Å². The van der Waals surface area contributed by atoms with E-state index in [0.29, 0.717) is 22.7 Å². The Balaban J connectivity index is 2.44. The van der Waals surface area contributed by atoms with Gasteiger partial charge < -0.3 is 5.73 Å². The number of alkyl halides is 3. The van der Waals surface area contributed by atoms with E-state index in [-0.39, 0.29) is 6.04 Å². The largest absolute Gasteiger partial charge is 0.435 e. The van der Waals surface area contributed by atoms with E-state index in [1.807, 2.05) is 6.92 Å². The van der Waals surface area contributed by atoms with Crippen LogP contribution in [0.1, 0.15) is 24.6 Å². The lowest BCUT2D eigenvalue weighted by Gasteiger charge is -2.15. The van der Waals surface area contributed by atoms with E-state index in [2.05, 4.69) is 5.10 Å². The van der Waals surface area contributed by atoms with Gasteiger partial charge in [-0.25, -0.2) is 4.68 Å². The number of benzene rings is 1. The molecule has 0 radical (unpaired) electrons. The monoisotopic (exact) mass is 317 g/mol. The summed E-state index contributed by atoms with van der Waals surface area (Å²) in [6, 6.07) is 5.87. The number of halogens is 4. The minimum absolute atomic E-state index is 0.110. The van der Waals surface area contributed by atoms with Gasteiger partial charge in [-0.3, -0.25) is 0 Å². The van der Waals surface area contributed by atoms with E-state index < -0.39 is 11.9 Å². The molecular weight excluding hydrogens is 303 g/mol. The maximum atomic E-state index is 12.6. The minimum atomic E-state index is -4.47. The van der Waals surface area contributed by atoms with Gasteiger partial charge in [0, 0.05) is 17.3 Å². The fraction of sp³-hybridized carbons (Fsp3) is 0.357. The molecule has 0 aliphatic carbocycles. The second-order valence-corrected chi connectivity index (χ2v) is 5.16. The molecule has 0 saturated carbocycles.